The number of benzene rings is 1. The van der Waals surface area contributed by atoms with Crippen molar-refractivity contribution in [2.24, 2.45) is 5.92 Å². The van der Waals surface area contributed by atoms with Crippen LogP contribution >= 0.6 is 11.7 Å². The van der Waals surface area contributed by atoms with Crippen molar-refractivity contribution >= 4 is 40.3 Å². The Morgan fingerprint density at radius 2 is 2.04 bits per heavy atom. The van der Waals surface area contributed by atoms with Gasteiger partial charge in [0.2, 0.25) is 11.8 Å². The number of rotatable bonds is 6. The summed E-state index contributed by atoms with van der Waals surface area (Å²) in [5.74, 6) is 0.682. The quantitative estimate of drug-likeness (QED) is 0.659. The van der Waals surface area contributed by atoms with Crippen LogP contribution < -0.4 is 10.6 Å². The summed E-state index contributed by atoms with van der Waals surface area (Å²) in [5.41, 5.74) is 2.18. The molecule has 28 heavy (non-hydrogen) atoms. The van der Waals surface area contributed by atoms with E-state index in [9.17, 15) is 9.59 Å². The lowest BCUT2D eigenvalue weighted by molar-refractivity contribution is -0.126. The van der Waals surface area contributed by atoms with Gasteiger partial charge in [0.15, 0.2) is 0 Å². The molecule has 2 aromatic heterocycles. The minimum Gasteiger partial charge on any atom is -0.467 e. The molecule has 0 aliphatic carbocycles. The Bertz CT molecular complexity index is 948. The van der Waals surface area contributed by atoms with Crippen molar-refractivity contribution in [3.05, 3.63) is 42.4 Å². The number of carbonyl (C=O) groups is 2. The smallest absolute Gasteiger partial charge is 0.238 e. The molecule has 1 saturated heterocycles. The van der Waals surface area contributed by atoms with Crippen LogP contribution in [-0.4, -0.2) is 45.1 Å². The van der Waals surface area contributed by atoms with Crippen LogP contribution in [-0.2, 0) is 16.1 Å². The van der Waals surface area contributed by atoms with Gasteiger partial charge in [0.1, 0.15) is 16.8 Å². The predicted octanol–water partition coefficient (Wildman–Crippen LogP) is 2.25. The van der Waals surface area contributed by atoms with Gasteiger partial charge in [-0.25, -0.2) is 0 Å². The van der Waals surface area contributed by atoms with Crippen LogP contribution in [0.3, 0.4) is 0 Å². The molecule has 0 atom stereocenters. The van der Waals surface area contributed by atoms with Gasteiger partial charge in [-0.3, -0.25) is 14.5 Å². The van der Waals surface area contributed by atoms with E-state index in [1.165, 1.54) is 0 Å². The maximum absolute atomic E-state index is 12.4. The molecule has 8 nitrogen and oxygen atoms in total. The SMILES string of the molecule is O=C(CN1CCC(C(=O)NCc2ccco2)CC1)Nc1cccc2nsnc12. The second kappa shape index (κ2) is 8.49. The maximum atomic E-state index is 12.4. The van der Waals surface area contributed by atoms with Gasteiger partial charge < -0.3 is 15.1 Å². The molecule has 2 amide bonds. The van der Waals surface area contributed by atoms with Crippen molar-refractivity contribution < 1.29 is 14.0 Å². The lowest BCUT2D eigenvalue weighted by Crippen LogP contribution is -2.43. The Morgan fingerprint density at radius 1 is 1.18 bits per heavy atom. The third kappa shape index (κ3) is 4.37. The van der Waals surface area contributed by atoms with E-state index in [-0.39, 0.29) is 17.7 Å². The van der Waals surface area contributed by atoms with Crippen molar-refractivity contribution in [1.29, 1.82) is 0 Å². The summed E-state index contributed by atoms with van der Waals surface area (Å²) in [5, 5.41) is 5.84. The molecule has 146 valence electrons. The molecule has 0 saturated carbocycles. The average molecular weight is 399 g/mol. The number of hydrogen-bond acceptors (Lipinski definition) is 7. The minimum atomic E-state index is -0.0822. The number of nitrogens with zero attached hydrogens (tertiary/aromatic N) is 3. The second-order valence-corrected chi connectivity index (χ2v) is 7.36. The Hall–Kier alpha value is -2.78. The molecule has 0 bridgehead atoms. The zero-order chi connectivity index (χ0) is 19.3. The molecule has 9 heteroatoms. The summed E-state index contributed by atoms with van der Waals surface area (Å²) in [6, 6.07) is 9.19. The number of piperidine rings is 1. The molecule has 0 spiro atoms. The van der Waals surface area contributed by atoms with E-state index in [2.05, 4.69) is 24.3 Å². The Morgan fingerprint density at radius 3 is 2.82 bits per heavy atom. The summed E-state index contributed by atoms with van der Waals surface area (Å²) in [7, 11) is 0. The number of amides is 2. The number of carbonyl (C=O) groups excluding carboxylic acids is 2. The molecule has 1 aromatic carbocycles. The fraction of sp³-hybridized carbons (Fsp3) is 0.368. The van der Waals surface area contributed by atoms with Crippen LogP contribution in [0.15, 0.2) is 41.0 Å². The highest BCUT2D eigenvalue weighted by atomic mass is 32.1. The second-order valence-electron chi connectivity index (χ2n) is 6.83. The maximum Gasteiger partial charge on any atom is 0.238 e. The van der Waals surface area contributed by atoms with Gasteiger partial charge in [0, 0.05) is 5.92 Å². The number of anilines is 1. The third-order valence-electron chi connectivity index (χ3n) is 4.90. The van der Waals surface area contributed by atoms with E-state index in [1.54, 1.807) is 12.3 Å². The number of aromatic nitrogens is 2. The third-order valence-corrected chi connectivity index (χ3v) is 5.45. The molecule has 0 radical (unpaired) electrons. The molecule has 3 aromatic rings. The topological polar surface area (TPSA) is 100 Å². The highest BCUT2D eigenvalue weighted by Crippen LogP contribution is 2.22. The lowest BCUT2D eigenvalue weighted by atomic mass is 9.96. The fourth-order valence-corrected chi connectivity index (χ4v) is 3.93. The van der Waals surface area contributed by atoms with Crippen molar-refractivity contribution in [1.82, 2.24) is 19.0 Å². The number of nitrogens with one attached hydrogen (secondary N) is 2. The summed E-state index contributed by atoms with van der Waals surface area (Å²) in [6.07, 6.45) is 3.07. The zero-order valence-electron chi connectivity index (χ0n) is 15.3. The molecule has 2 N–H and O–H groups in total. The van der Waals surface area contributed by atoms with Crippen molar-refractivity contribution in [2.75, 3.05) is 25.0 Å². The first-order valence-corrected chi connectivity index (χ1v) is 9.95. The molecule has 0 unspecified atom stereocenters. The zero-order valence-corrected chi connectivity index (χ0v) is 16.1. The highest BCUT2D eigenvalue weighted by molar-refractivity contribution is 7.00. The van der Waals surface area contributed by atoms with Crippen LogP contribution in [0.25, 0.3) is 11.0 Å². The average Bonchev–Trinajstić information content (AvgIpc) is 3.39. The number of likely N-dealkylation sites (tertiary alicyclic amines) is 1. The molecule has 1 aliphatic heterocycles. The number of furan rings is 1. The summed E-state index contributed by atoms with van der Waals surface area (Å²) in [4.78, 5) is 26.8. The van der Waals surface area contributed by atoms with E-state index >= 15 is 0 Å². The summed E-state index contributed by atoms with van der Waals surface area (Å²) < 4.78 is 13.6. The Balaban J connectivity index is 1.23. The van der Waals surface area contributed by atoms with E-state index in [0.29, 0.717) is 37.4 Å². The standard InChI is InChI=1S/C19H21N5O3S/c25-17(21-15-4-1-5-16-18(15)23-28-22-16)12-24-8-6-13(7-9-24)19(26)20-11-14-3-2-10-27-14/h1-5,10,13H,6-9,11-12H2,(H,20,26)(H,21,25). The molecule has 4 rings (SSSR count). The first-order chi connectivity index (χ1) is 13.7. The van der Waals surface area contributed by atoms with Crippen molar-refractivity contribution in [3.8, 4) is 0 Å². The predicted molar refractivity (Wildman–Crippen MR) is 106 cm³/mol. The van der Waals surface area contributed by atoms with Crippen molar-refractivity contribution in [2.45, 2.75) is 19.4 Å². The summed E-state index contributed by atoms with van der Waals surface area (Å²) >= 11 is 1.13. The normalized spacial score (nSPS) is 15.6. The molecular formula is C19H21N5O3S. The van der Waals surface area contributed by atoms with Crippen LogP contribution in [0.2, 0.25) is 0 Å². The Labute approximate surface area is 166 Å². The lowest BCUT2D eigenvalue weighted by Gasteiger charge is -2.30. The molecule has 3 heterocycles. The first kappa shape index (κ1) is 18.6. The molecule has 1 fully saturated rings. The van der Waals surface area contributed by atoms with Gasteiger partial charge in [0.05, 0.1) is 36.8 Å². The largest absolute Gasteiger partial charge is 0.467 e. The van der Waals surface area contributed by atoms with E-state index in [0.717, 1.165) is 35.8 Å². The Kier molecular flexibility index (Phi) is 5.63. The van der Waals surface area contributed by atoms with E-state index < -0.39 is 0 Å². The van der Waals surface area contributed by atoms with E-state index in [1.807, 2.05) is 24.3 Å². The molecule has 1 aliphatic rings. The van der Waals surface area contributed by atoms with E-state index in [4.69, 9.17) is 4.42 Å². The number of hydrogen-bond donors (Lipinski definition) is 2. The minimum absolute atomic E-state index is 0.0240. The van der Waals surface area contributed by atoms with Gasteiger partial charge in [0.25, 0.3) is 0 Å². The monoisotopic (exact) mass is 399 g/mol. The van der Waals surface area contributed by atoms with Gasteiger partial charge >= 0.3 is 0 Å². The fourth-order valence-electron chi connectivity index (χ4n) is 3.38. The first-order valence-electron chi connectivity index (χ1n) is 9.22. The van der Waals surface area contributed by atoms with Crippen LogP contribution in [0.1, 0.15) is 18.6 Å². The number of fused-ring (bicyclic) bond motifs is 1. The highest BCUT2D eigenvalue weighted by Gasteiger charge is 2.26. The summed E-state index contributed by atoms with van der Waals surface area (Å²) in [6.45, 7) is 2.14. The van der Waals surface area contributed by atoms with Crippen molar-refractivity contribution in [3.63, 3.8) is 0 Å². The van der Waals surface area contributed by atoms with Crippen LogP contribution in [0, 0.1) is 5.92 Å². The molecular weight excluding hydrogens is 378 g/mol. The van der Waals surface area contributed by atoms with Crippen LogP contribution in [0.4, 0.5) is 5.69 Å². The van der Waals surface area contributed by atoms with Gasteiger partial charge in [-0.2, -0.15) is 8.75 Å². The van der Waals surface area contributed by atoms with Gasteiger partial charge in [-0.15, -0.1) is 0 Å². The van der Waals surface area contributed by atoms with Crippen LogP contribution in [0.5, 0.6) is 0 Å². The van der Waals surface area contributed by atoms with Gasteiger partial charge in [-0.1, -0.05) is 6.07 Å². The van der Waals surface area contributed by atoms with Gasteiger partial charge in [-0.05, 0) is 50.2 Å².